The number of hydrogen-bond donors (Lipinski definition) is 0. The summed E-state index contributed by atoms with van der Waals surface area (Å²) in [4.78, 5) is 26.4. The Bertz CT molecular complexity index is 814. The van der Waals surface area contributed by atoms with Crippen molar-refractivity contribution in [2.75, 3.05) is 13.7 Å². The van der Waals surface area contributed by atoms with E-state index in [4.69, 9.17) is 9.47 Å². The number of amides is 2. The van der Waals surface area contributed by atoms with Crippen LogP contribution in [0.15, 0.2) is 36.4 Å². The van der Waals surface area contributed by atoms with Gasteiger partial charge < -0.3 is 9.47 Å². The molecule has 0 saturated carbocycles. The predicted molar refractivity (Wildman–Crippen MR) is 95.7 cm³/mol. The molecule has 0 radical (unpaired) electrons. The predicted octanol–water partition coefficient (Wildman–Crippen LogP) is 3.96. The summed E-state index contributed by atoms with van der Waals surface area (Å²) < 4.78 is 10.4. The fraction of sp³-hybridized carbons (Fsp3) is 0.400. The van der Waals surface area contributed by atoms with Gasteiger partial charge in [-0.25, -0.2) is 9.69 Å². The lowest BCUT2D eigenvalue weighted by molar-refractivity contribution is -0.130. The summed E-state index contributed by atoms with van der Waals surface area (Å²) >= 11 is 0. The van der Waals surface area contributed by atoms with Gasteiger partial charge in [-0.05, 0) is 41.3 Å². The van der Waals surface area contributed by atoms with Crippen molar-refractivity contribution in [2.45, 2.75) is 32.7 Å². The molecule has 0 unspecified atom stereocenters. The van der Waals surface area contributed by atoms with Gasteiger partial charge in [-0.2, -0.15) is 0 Å². The average Bonchev–Trinajstić information content (AvgIpc) is 3.01. The Hall–Kier alpha value is -2.56. The number of imide groups is 1. The van der Waals surface area contributed by atoms with E-state index in [0.717, 1.165) is 22.1 Å². The molecule has 5 heteroatoms. The maximum atomic E-state index is 13.0. The van der Waals surface area contributed by atoms with Crippen LogP contribution in [0.4, 0.5) is 4.79 Å². The first-order chi connectivity index (χ1) is 11.9. The Labute approximate surface area is 147 Å². The number of carbonyl (C=O) groups is 2. The Kier molecular flexibility index (Phi) is 4.66. The minimum atomic E-state index is -0.544. The molecule has 1 fully saturated rings. The lowest BCUT2D eigenvalue weighted by atomic mass is 9.92. The van der Waals surface area contributed by atoms with Crippen LogP contribution in [0, 0.1) is 5.92 Å². The molecule has 2 amide bonds. The molecule has 2 atom stereocenters. The molecular weight excluding hydrogens is 318 g/mol. The summed E-state index contributed by atoms with van der Waals surface area (Å²) in [6, 6.07) is 11.4. The summed E-state index contributed by atoms with van der Waals surface area (Å²) in [6.07, 6.45) is -0.544. The molecule has 0 aromatic heterocycles. The van der Waals surface area contributed by atoms with Crippen molar-refractivity contribution < 1.29 is 19.1 Å². The number of fused-ring (bicyclic) bond motifs is 1. The van der Waals surface area contributed by atoms with Crippen LogP contribution in [0.5, 0.6) is 5.75 Å². The lowest BCUT2D eigenvalue weighted by Crippen LogP contribution is -2.43. The first kappa shape index (κ1) is 17.3. The molecule has 5 nitrogen and oxygen atoms in total. The number of hydrogen-bond acceptors (Lipinski definition) is 4. The van der Waals surface area contributed by atoms with Crippen molar-refractivity contribution in [2.24, 2.45) is 5.92 Å². The number of carbonyl (C=O) groups excluding carboxylic acids is 2. The molecule has 132 valence electrons. The summed E-state index contributed by atoms with van der Waals surface area (Å²) in [6.45, 7) is 6.08. The standard InChI is InChI=1S/C20H23NO4/c1-12(2)18-11-25-20(23)21(18)19(22)13(3)16-7-5-6-14-10-15(24-4)8-9-17(14)16/h5-10,12-13,18H,11H2,1-4H3/t13-,18+/m0/s1. The van der Waals surface area contributed by atoms with E-state index in [2.05, 4.69) is 0 Å². The Morgan fingerprint density at radius 1 is 1.24 bits per heavy atom. The highest BCUT2D eigenvalue weighted by Crippen LogP contribution is 2.31. The van der Waals surface area contributed by atoms with Gasteiger partial charge in [-0.3, -0.25) is 4.79 Å². The molecule has 25 heavy (non-hydrogen) atoms. The number of rotatable bonds is 4. The number of ether oxygens (including phenoxy) is 2. The second-order valence-corrected chi connectivity index (χ2v) is 6.75. The third kappa shape index (κ3) is 3.06. The van der Waals surface area contributed by atoms with Crippen LogP contribution < -0.4 is 4.74 Å². The Morgan fingerprint density at radius 2 is 2.00 bits per heavy atom. The van der Waals surface area contributed by atoms with E-state index in [9.17, 15) is 9.59 Å². The molecule has 2 aromatic carbocycles. The van der Waals surface area contributed by atoms with E-state index >= 15 is 0 Å². The highest BCUT2D eigenvalue weighted by Gasteiger charge is 2.41. The van der Waals surface area contributed by atoms with Crippen LogP contribution >= 0.6 is 0 Å². The van der Waals surface area contributed by atoms with Crippen molar-refractivity contribution in [3.63, 3.8) is 0 Å². The van der Waals surface area contributed by atoms with Gasteiger partial charge in [-0.15, -0.1) is 0 Å². The molecule has 0 aliphatic carbocycles. The SMILES string of the molecule is COc1ccc2c([C@H](C)C(=O)N3C(=O)OC[C@@H]3C(C)C)cccc2c1. The molecule has 0 bridgehead atoms. The molecule has 0 spiro atoms. The van der Waals surface area contributed by atoms with Crippen LogP contribution in [0.3, 0.4) is 0 Å². The smallest absolute Gasteiger partial charge is 0.417 e. The molecule has 1 aliphatic heterocycles. The minimum absolute atomic E-state index is 0.152. The monoisotopic (exact) mass is 341 g/mol. The third-order valence-electron chi connectivity index (χ3n) is 4.87. The summed E-state index contributed by atoms with van der Waals surface area (Å²) in [5.41, 5.74) is 0.896. The van der Waals surface area contributed by atoms with Gasteiger partial charge in [0.25, 0.3) is 0 Å². The Balaban J connectivity index is 1.97. The van der Waals surface area contributed by atoms with Crippen molar-refractivity contribution in [3.8, 4) is 5.75 Å². The highest BCUT2D eigenvalue weighted by molar-refractivity contribution is 6.00. The summed E-state index contributed by atoms with van der Waals surface area (Å²) in [5.74, 6) is 0.263. The number of benzene rings is 2. The second-order valence-electron chi connectivity index (χ2n) is 6.75. The van der Waals surface area contributed by atoms with Crippen LogP contribution in [0.1, 0.15) is 32.3 Å². The van der Waals surface area contributed by atoms with Crippen LogP contribution in [-0.2, 0) is 9.53 Å². The molecule has 1 saturated heterocycles. The molecule has 1 heterocycles. The van der Waals surface area contributed by atoms with E-state index in [0.29, 0.717) is 0 Å². The van der Waals surface area contributed by atoms with Crippen LogP contribution in [0.25, 0.3) is 10.8 Å². The first-order valence-corrected chi connectivity index (χ1v) is 8.50. The molecular formula is C20H23NO4. The van der Waals surface area contributed by atoms with Crippen molar-refractivity contribution in [1.82, 2.24) is 4.90 Å². The van der Waals surface area contributed by atoms with Gasteiger partial charge in [0.1, 0.15) is 12.4 Å². The fourth-order valence-corrected chi connectivity index (χ4v) is 3.31. The normalized spacial score (nSPS) is 18.5. The van der Waals surface area contributed by atoms with Gasteiger partial charge in [-0.1, -0.05) is 38.1 Å². The molecule has 1 aliphatic rings. The zero-order chi connectivity index (χ0) is 18.1. The van der Waals surface area contributed by atoms with E-state index in [-0.39, 0.29) is 24.5 Å². The van der Waals surface area contributed by atoms with E-state index in [1.54, 1.807) is 7.11 Å². The molecule has 2 aromatic rings. The lowest BCUT2D eigenvalue weighted by Gasteiger charge is -2.26. The second kappa shape index (κ2) is 6.75. The maximum Gasteiger partial charge on any atom is 0.417 e. The summed E-state index contributed by atoms with van der Waals surface area (Å²) in [5, 5.41) is 1.98. The van der Waals surface area contributed by atoms with Gasteiger partial charge in [0.2, 0.25) is 5.91 Å². The number of nitrogens with zero attached hydrogens (tertiary/aromatic N) is 1. The molecule has 0 N–H and O–H groups in total. The molecule has 3 rings (SSSR count). The van der Waals surface area contributed by atoms with Crippen LogP contribution in [0.2, 0.25) is 0 Å². The van der Waals surface area contributed by atoms with E-state index in [1.165, 1.54) is 4.90 Å². The summed E-state index contributed by atoms with van der Waals surface area (Å²) in [7, 11) is 1.63. The van der Waals surface area contributed by atoms with Gasteiger partial charge in [0, 0.05) is 0 Å². The maximum absolute atomic E-state index is 13.0. The zero-order valence-corrected chi connectivity index (χ0v) is 15.0. The number of methoxy groups -OCH3 is 1. The van der Waals surface area contributed by atoms with Crippen LogP contribution in [-0.4, -0.2) is 36.7 Å². The fourth-order valence-electron chi connectivity index (χ4n) is 3.31. The van der Waals surface area contributed by atoms with Crippen molar-refractivity contribution in [1.29, 1.82) is 0 Å². The average molecular weight is 341 g/mol. The van der Waals surface area contributed by atoms with Gasteiger partial charge in [0.05, 0.1) is 19.1 Å². The first-order valence-electron chi connectivity index (χ1n) is 8.50. The zero-order valence-electron chi connectivity index (χ0n) is 15.0. The van der Waals surface area contributed by atoms with Crippen molar-refractivity contribution >= 4 is 22.8 Å². The minimum Gasteiger partial charge on any atom is -0.497 e. The number of cyclic esters (lactones) is 1. The van der Waals surface area contributed by atoms with Gasteiger partial charge in [0.15, 0.2) is 0 Å². The Morgan fingerprint density at radius 3 is 2.68 bits per heavy atom. The topological polar surface area (TPSA) is 55.8 Å². The quantitative estimate of drug-likeness (QED) is 0.845. The van der Waals surface area contributed by atoms with Crippen molar-refractivity contribution in [3.05, 3.63) is 42.0 Å². The third-order valence-corrected chi connectivity index (χ3v) is 4.87. The van der Waals surface area contributed by atoms with Gasteiger partial charge >= 0.3 is 6.09 Å². The van der Waals surface area contributed by atoms with E-state index < -0.39 is 12.0 Å². The highest BCUT2D eigenvalue weighted by atomic mass is 16.6. The largest absolute Gasteiger partial charge is 0.497 e. The van der Waals surface area contributed by atoms with E-state index in [1.807, 2.05) is 57.2 Å².